The van der Waals surface area contributed by atoms with Gasteiger partial charge in [-0.1, -0.05) is 47.5 Å². The lowest BCUT2D eigenvalue weighted by Crippen LogP contribution is -2.45. The van der Waals surface area contributed by atoms with Gasteiger partial charge in [-0.15, -0.1) is 4.40 Å². The number of piperidine rings is 1. The molecule has 1 atom stereocenters. The first-order chi connectivity index (χ1) is 14.3. The van der Waals surface area contributed by atoms with Gasteiger partial charge < -0.3 is 9.80 Å². The topological polar surface area (TPSA) is 70.1 Å². The minimum atomic E-state index is -3.68. The lowest BCUT2D eigenvalue weighted by atomic mass is 9.95. The number of amides is 1. The van der Waals surface area contributed by atoms with Crippen molar-refractivity contribution in [2.24, 2.45) is 10.3 Å². The molecule has 2 heterocycles. The van der Waals surface area contributed by atoms with Crippen LogP contribution in [0.4, 0.5) is 0 Å². The van der Waals surface area contributed by atoms with Crippen molar-refractivity contribution in [1.29, 1.82) is 0 Å². The highest BCUT2D eigenvalue weighted by atomic mass is 35.5. The molecule has 1 saturated heterocycles. The van der Waals surface area contributed by atoms with E-state index in [1.54, 1.807) is 48.3 Å². The van der Waals surface area contributed by atoms with E-state index in [2.05, 4.69) is 4.40 Å². The van der Waals surface area contributed by atoms with E-state index in [0.717, 1.165) is 18.4 Å². The van der Waals surface area contributed by atoms with E-state index >= 15 is 0 Å². The normalized spacial score (nSPS) is 19.9. The van der Waals surface area contributed by atoms with Crippen molar-refractivity contribution in [3.8, 4) is 0 Å². The van der Waals surface area contributed by atoms with Crippen molar-refractivity contribution in [2.45, 2.75) is 24.3 Å². The summed E-state index contributed by atoms with van der Waals surface area (Å²) < 4.78 is 28.8. The van der Waals surface area contributed by atoms with E-state index in [-0.39, 0.29) is 16.7 Å². The molecule has 2 aromatic carbocycles. The van der Waals surface area contributed by atoms with E-state index in [0.29, 0.717) is 41.1 Å². The summed E-state index contributed by atoms with van der Waals surface area (Å²) in [6, 6.07) is 12.2. The summed E-state index contributed by atoms with van der Waals surface area (Å²) in [4.78, 5) is 16.9. The van der Waals surface area contributed by atoms with Gasteiger partial charge in [0.25, 0.3) is 10.0 Å². The number of nitrogens with zero attached hydrogens (tertiary/aromatic N) is 3. The molecule has 0 N–H and O–H groups in total. The van der Waals surface area contributed by atoms with Crippen molar-refractivity contribution in [1.82, 2.24) is 9.80 Å². The predicted molar refractivity (Wildman–Crippen MR) is 117 cm³/mol. The molecule has 1 amide bonds. The Kier molecular flexibility index (Phi) is 5.79. The minimum absolute atomic E-state index is 0.00881. The number of hydrogen-bond donors (Lipinski definition) is 0. The Hall–Kier alpha value is -2.09. The lowest BCUT2D eigenvalue weighted by Gasteiger charge is -2.35. The predicted octanol–water partition coefficient (Wildman–Crippen LogP) is 3.81. The van der Waals surface area contributed by atoms with Crippen LogP contribution in [0.2, 0.25) is 10.0 Å². The number of benzene rings is 2. The number of carbonyl (C=O) groups is 1. The summed E-state index contributed by atoms with van der Waals surface area (Å²) in [7, 11) is -1.94. The Bertz CT molecular complexity index is 1130. The van der Waals surface area contributed by atoms with Gasteiger partial charge >= 0.3 is 0 Å². The van der Waals surface area contributed by atoms with Crippen LogP contribution in [-0.4, -0.2) is 50.1 Å². The van der Waals surface area contributed by atoms with Crippen molar-refractivity contribution in [3.05, 3.63) is 63.6 Å². The maximum absolute atomic E-state index is 13.1. The van der Waals surface area contributed by atoms with Gasteiger partial charge in [-0.2, -0.15) is 8.42 Å². The fourth-order valence-corrected chi connectivity index (χ4v) is 5.61. The average Bonchev–Trinajstić information content (AvgIpc) is 3.02. The zero-order chi connectivity index (χ0) is 21.5. The maximum atomic E-state index is 13.1. The summed E-state index contributed by atoms with van der Waals surface area (Å²) in [5, 5.41) is 0.907. The molecule has 0 saturated carbocycles. The Labute approximate surface area is 186 Å². The van der Waals surface area contributed by atoms with Crippen LogP contribution in [0, 0.1) is 5.92 Å². The molecule has 1 fully saturated rings. The highest BCUT2D eigenvalue weighted by Gasteiger charge is 2.35. The summed E-state index contributed by atoms with van der Waals surface area (Å²) in [5.74, 6) is 0.175. The molecule has 0 bridgehead atoms. The summed E-state index contributed by atoms with van der Waals surface area (Å²) >= 11 is 12.3. The number of sulfonamides is 1. The molecule has 2 aromatic rings. The summed E-state index contributed by atoms with van der Waals surface area (Å²) in [6.07, 6.45) is 1.52. The van der Waals surface area contributed by atoms with Gasteiger partial charge in [-0.05, 0) is 36.6 Å². The molecule has 0 aliphatic carbocycles. The second-order valence-electron chi connectivity index (χ2n) is 7.58. The van der Waals surface area contributed by atoms with E-state index in [4.69, 9.17) is 23.2 Å². The molecular formula is C21H21Cl2N3O3S. The summed E-state index contributed by atoms with van der Waals surface area (Å²) in [6.45, 7) is 1.44. The molecule has 0 spiro atoms. The van der Waals surface area contributed by atoms with Gasteiger partial charge in [0.1, 0.15) is 4.90 Å². The third-order valence-corrected chi connectivity index (χ3v) is 7.68. The molecule has 4 rings (SSSR count). The molecular weight excluding hydrogens is 445 g/mol. The van der Waals surface area contributed by atoms with Crippen LogP contribution in [0.3, 0.4) is 0 Å². The third-order valence-electron chi connectivity index (χ3n) is 5.50. The lowest BCUT2D eigenvalue weighted by molar-refractivity contribution is -0.136. The van der Waals surface area contributed by atoms with Crippen LogP contribution in [0.15, 0.2) is 51.8 Å². The Morgan fingerprint density at radius 2 is 1.97 bits per heavy atom. The summed E-state index contributed by atoms with van der Waals surface area (Å²) in [5.41, 5.74) is 1.39. The molecule has 0 radical (unpaired) electrons. The maximum Gasteiger partial charge on any atom is 0.285 e. The Balaban J connectivity index is 1.50. The van der Waals surface area contributed by atoms with Crippen molar-refractivity contribution in [3.63, 3.8) is 0 Å². The highest BCUT2D eigenvalue weighted by Crippen LogP contribution is 2.31. The van der Waals surface area contributed by atoms with Gasteiger partial charge in [0, 0.05) is 32.2 Å². The number of halogens is 2. The van der Waals surface area contributed by atoms with Gasteiger partial charge in [-0.3, -0.25) is 4.79 Å². The van der Waals surface area contributed by atoms with E-state index < -0.39 is 10.0 Å². The molecule has 1 unspecified atom stereocenters. The monoisotopic (exact) mass is 465 g/mol. The standard InChI is InChI=1S/C21H21Cl2N3O3S/c1-25(12-14-6-4-9-17(22)19(14)23)21(27)15-7-5-11-26(13-15)20-16-8-2-3-10-18(16)30(28,29)24-20/h2-4,6,8-10,15H,5,7,11-13H2,1H3. The van der Waals surface area contributed by atoms with Crippen LogP contribution >= 0.6 is 23.2 Å². The molecule has 0 aromatic heterocycles. The SMILES string of the molecule is CN(Cc1cccc(Cl)c1Cl)C(=O)C1CCCN(C2=NS(=O)(=O)c3ccccc32)C1. The van der Waals surface area contributed by atoms with Crippen LogP contribution < -0.4 is 0 Å². The molecule has 6 nitrogen and oxygen atoms in total. The number of likely N-dealkylation sites (tertiary alicyclic amines) is 1. The number of rotatable bonds is 3. The minimum Gasteiger partial charge on any atom is -0.355 e. The van der Waals surface area contributed by atoms with Crippen LogP contribution in [0.1, 0.15) is 24.0 Å². The number of hydrogen-bond acceptors (Lipinski definition) is 4. The van der Waals surface area contributed by atoms with Crippen LogP contribution in [-0.2, 0) is 21.4 Å². The fourth-order valence-electron chi connectivity index (χ4n) is 4.00. The zero-order valence-corrected chi connectivity index (χ0v) is 18.7. The van der Waals surface area contributed by atoms with Gasteiger partial charge in [-0.25, -0.2) is 0 Å². The molecule has 30 heavy (non-hydrogen) atoms. The first kappa shape index (κ1) is 21.2. The van der Waals surface area contributed by atoms with E-state index in [1.807, 2.05) is 11.0 Å². The quantitative estimate of drug-likeness (QED) is 0.690. The molecule has 2 aliphatic heterocycles. The van der Waals surface area contributed by atoms with Crippen LogP contribution in [0.25, 0.3) is 0 Å². The smallest absolute Gasteiger partial charge is 0.285 e. The largest absolute Gasteiger partial charge is 0.355 e. The van der Waals surface area contributed by atoms with Gasteiger partial charge in [0.05, 0.1) is 16.0 Å². The Morgan fingerprint density at radius 1 is 1.20 bits per heavy atom. The number of carbonyl (C=O) groups excluding carboxylic acids is 1. The van der Waals surface area contributed by atoms with Gasteiger partial charge in [0.2, 0.25) is 5.91 Å². The first-order valence-corrected chi connectivity index (χ1v) is 11.8. The van der Waals surface area contributed by atoms with Crippen LogP contribution in [0.5, 0.6) is 0 Å². The number of amidine groups is 1. The first-order valence-electron chi connectivity index (χ1n) is 9.65. The van der Waals surface area contributed by atoms with E-state index in [1.165, 1.54) is 0 Å². The fraction of sp³-hybridized carbons (Fsp3) is 0.333. The zero-order valence-electron chi connectivity index (χ0n) is 16.4. The molecule has 158 valence electrons. The molecule has 9 heteroatoms. The molecule has 2 aliphatic rings. The second-order valence-corrected chi connectivity index (χ2v) is 9.94. The second kappa shape index (κ2) is 8.21. The third kappa shape index (κ3) is 3.94. The van der Waals surface area contributed by atoms with Gasteiger partial charge in [0.15, 0.2) is 5.84 Å². The van der Waals surface area contributed by atoms with E-state index in [9.17, 15) is 13.2 Å². The van der Waals surface area contributed by atoms with Crippen molar-refractivity contribution in [2.75, 3.05) is 20.1 Å². The number of fused-ring (bicyclic) bond motifs is 1. The Morgan fingerprint density at radius 3 is 2.77 bits per heavy atom. The highest BCUT2D eigenvalue weighted by molar-refractivity contribution is 7.90. The van der Waals surface area contributed by atoms with Crippen molar-refractivity contribution < 1.29 is 13.2 Å². The average molecular weight is 466 g/mol. The van der Waals surface area contributed by atoms with Crippen molar-refractivity contribution >= 4 is 45.0 Å².